The Morgan fingerprint density at radius 2 is 1.92 bits per heavy atom. The van der Waals surface area contributed by atoms with Gasteiger partial charge in [-0.2, -0.15) is 0 Å². The predicted octanol–water partition coefficient (Wildman–Crippen LogP) is 4.50. The molecule has 1 aromatic carbocycles. The molecule has 1 amide bonds. The largest absolute Gasteiger partial charge is 0.371 e. The molecule has 1 aliphatic rings. The number of aromatic nitrogens is 1. The molecule has 25 heavy (non-hydrogen) atoms. The lowest BCUT2D eigenvalue weighted by atomic mass is 10.00. The number of benzene rings is 1. The number of anilines is 2. The number of rotatable bonds is 3. The summed E-state index contributed by atoms with van der Waals surface area (Å²) in [5, 5.41) is 3.04. The molecular formula is C21H27N3O. The van der Waals surface area contributed by atoms with Crippen LogP contribution in [0.4, 0.5) is 11.4 Å². The van der Waals surface area contributed by atoms with Crippen LogP contribution in [0.1, 0.15) is 46.9 Å². The summed E-state index contributed by atoms with van der Waals surface area (Å²) in [6, 6.07) is 8.08. The minimum Gasteiger partial charge on any atom is -0.371 e. The Kier molecular flexibility index (Phi) is 5.07. The Labute approximate surface area is 150 Å². The lowest BCUT2D eigenvalue weighted by Crippen LogP contribution is -2.34. The molecule has 0 spiro atoms. The average Bonchev–Trinajstić information content (AvgIpc) is 2.58. The van der Waals surface area contributed by atoms with Crippen LogP contribution in [0.25, 0.3) is 0 Å². The van der Waals surface area contributed by atoms with Gasteiger partial charge in [-0.15, -0.1) is 0 Å². The standard InChI is InChI=1S/C21H27N3O/c1-14-6-5-9-24(13-14)18-7-8-22-19(12-18)21(25)23-20-16(3)10-15(2)11-17(20)4/h7-8,10-12,14H,5-6,9,13H2,1-4H3,(H,23,25). The molecule has 1 unspecified atom stereocenters. The van der Waals surface area contributed by atoms with E-state index < -0.39 is 0 Å². The highest BCUT2D eigenvalue weighted by Crippen LogP contribution is 2.25. The molecular weight excluding hydrogens is 310 g/mol. The van der Waals surface area contributed by atoms with Gasteiger partial charge in [0.2, 0.25) is 0 Å². The van der Waals surface area contributed by atoms with Crippen molar-refractivity contribution in [2.45, 2.75) is 40.5 Å². The summed E-state index contributed by atoms with van der Waals surface area (Å²) in [7, 11) is 0. The number of amides is 1. The third kappa shape index (κ3) is 4.01. The predicted molar refractivity (Wildman–Crippen MR) is 103 cm³/mol. The van der Waals surface area contributed by atoms with E-state index >= 15 is 0 Å². The molecule has 2 aromatic rings. The molecule has 0 aliphatic carbocycles. The van der Waals surface area contributed by atoms with Crippen LogP contribution < -0.4 is 10.2 Å². The zero-order chi connectivity index (χ0) is 18.0. The van der Waals surface area contributed by atoms with Crippen LogP contribution in [0.2, 0.25) is 0 Å². The fourth-order valence-electron chi connectivity index (χ4n) is 3.72. The van der Waals surface area contributed by atoms with Crippen LogP contribution in [0.5, 0.6) is 0 Å². The molecule has 2 heterocycles. The first-order valence-corrected chi connectivity index (χ1v) is 9.04. The van der Waals surface area contributed by atoms with E-state index in [1.165, 1.54) is 18.4 Å². The van der Waals surface area contributed by atoms with Crippen molar-refractivity contribution in [3.63, 3.8) is 0 Å². The minimum atomic E-state index is -0.151. The maximum absolute atomic E-state index is 12.7. The first-order chi connectivity index (χ1) is 11.9. The Bertz CT molecular complexity index is 761. The summed E-state index contributed by atoms with van der Waals surface area (Å²) in [5.74, 6) is 0.541. The Morgan fingerprint density at radius 1 is 1.20 bits per heavy atom. The Hall–Kier alpha value is -2.36. The van der Waals surface area contributed by atoms with E-state index in [9.17, 15) is 4.79 Å². The summed E-state index contributed by atoms with van der Waals surface area (Å²) < 4.78 is 0. The summed E-state index contributed by atoms with van der Waals surface area (Å²) in [6.45, 7) is 10.5. The van der Waals surface area contributed by atoms with E-state index in [2.05, 4.69) is 41.2 Å². The number of hydrogen-bond donors (Lipinski definition) is 1. The first-order valence-electron chi connectivity index (χ1n) is 9.04. The van der Waals surface area contributed by atoms with Crippen LogP contribution in [-0.2, 0) is 0 Å². The molecule has 1 fully saturated rings. The minimum absolute atomic E-state index is 0.151. The molecule has 0 radical (unpaired) electrons. The second-order valence-corrected chi connectivity index (χ2v) is 7.32. The van der Waals surface area contributed by atoms with Gasteiger partial charge in [0.25, 0.3) is 5.91 Å². The van der Waals surface area contributed by atoms with Crippen molar-refractivity contribution in [1.29, 1.82) is 0 Å². The molecule has 1 N–H and O–H groups in total. The van der Waals surface area contributed by atoms with Gasteiger partial charge in [0.1, 0.15) is 5.69 Å². The van der Waals surface area contributed by atoms with Gasteiger partial charge in [0.15, 0.2) is 0 Å². The van der Waals surface area contributed by atoms with Crippen molar-refractivity contribution >= 4 is 17.3 Å². The summed E-state index contributed by atoms with van der Waals surface area (Å²) >= 11 is 0. The summed E-state index contributed by atoms with van der Waals surface area (Å²) in [5.41, 5.74) is 5.79. The van der Waals surface area contributed by atoms with Crippen LogP contribution in [0, 0.1) is 26.7 Å². The Morgan fingerprint density at radius 3 is 2.60 bits per heavy atom. The van der Waals surface area contributed by atoms with Crippen molar-refractivity contribution in [1.82, 2.24) is 4.98 Å². The highest BCUT2D eigenvalue weighted by molar-refractivity contribution is 6.04. The van der Waals surface area contributed by atoms with Gasteiger partial charge in [-0.05, 0) is 62.8 Å². The van der Waals surface area contributed by atoms with Gasteiger partial charge in [0.05, 0.1) is 0 Å². The van der Waals surface area contributed by atoms with Crippen LogP contribution in [0.15, 0.2) is 30.5 Å². The zero-order valence-corrected chi connectivity index (χ0v) is 15.6. The average molecular weight is 337 g/mol. The molecule has 1 aliphatic heterocycles. The number of nitrogens with zero attached hydrogens (tertiary/aromatic N) is 2. The van der Waals surface area contributed by atoms with E-state index in [1.54, 1.807) is 6.20 Å². The van der Waals surface area contributed by atoms with E-state index in [0.29, 0.717) is 11.6 Å². The molecule has 3 rings (SSSR count). The fourth-order valence-corrected chi connectivity index (χ4v) is 3.72. The number of carbonyl (C=O) groups is 1. The molecule has 0 saturated carbocycles. The van der Waals surface area contributed by atoms with Crippen molar-refractivity contribution in [3.05, 3.63) is 52.8 Å². The van der Waals surface area contributed by atoms with Gasteiger partial charge in [-0.25, -0.2) is 0 Å². The summed E-state index contributed by atoms with van der Waals surface area (Å²) in [6.07, 6.45) is 4.21. The highest BCUT2D eigenvalue weighted by Gasteiger charge is 2.18. The van der Waals surface area contributed by atoms with Crippen LogP contribution >= 0.6 is 0 Å². The molecule has 1 atom stereocenters. The number of pyridine rings is 1. The first kappa shape index (κ1) is 17.5. The van der Waals surface area contributed by atoms with E-state index in [0.717, 1.165) is 35.6 Å². The van der Waals surface area contributed by atoms with Crippen molar-refractivity contribution < 1.29 is 4.79 Å². The van der Waals surface area contributed by atoms with Gasteiger partial charge < -0.3 is 10.2 Å². The van der Waals surface area contributed by atoms with Crippen LogP contribution in [0.3, 0.4) is 0 Å². The monoisotopic (exact) mass is 337 g/mol. The third-order valence-electron chi connectivity index (χ3n) is 4.91. The molecule has 1 aromatic heterocycles. The molecule has 4 heteroatoms. The topological polar surface area (TPSA) is 45.2 Å². The molecule has 132 valence electrons. The Balaban J connectivity index is 1.80. The summed E-state index contributed by atoms with van der Waals surface area (Å²) in [4.78, 5) is 19.4. The SMILES string of the molecule is Cc1cc(C)c(NC(=O)c2cc(N3CCCC(C)C3)ccn2)c(C)c1. The quantitative estimate of drug-likeness (QED) is 0.897. The lowest BCUT2D eigenvalue weighted by molar-refractivity contribution is 0.102. The maximum atomic E-state index is 12.7. The second-order valence-electron chi connectivity index (χ2n) is 7.32. The van der Waals surface area contributed by atoms with Gasteiger partial charge in [-0.1, -0.05) is 24.6 Å². The number of aryl methyl sites for hydroxylation is 3. The lowest BCUT2D eigenvalue weighted by Gasteiger charge is -2.32. The number of piperidine rings is 1. The second kappa shape index (κ2) is 7.26. The number of nitrogens with one attached hydrogen (secondary N) is 1. The zero-order valence-electron chi connectivity index (χ0n) is 15.6. The normalized spacial score (nSPS) is 17.4. The van der Waals surface area contributed by atoms with Crippen molar-refractivity contribution in [2.24, 2.45) is 5.92 Å². The van der Waals surface area contributed by atoms with Gasteiger partial charge in [0, 0.05) is 30.7 Å². The smallest absolute Gasteiger partial charge is 0.274 e. The fraction of sp³-hybridized carbons (Fsp3) is 0.429. The highest BCUT2D eigenvalue weighted by atomic mass is 16.1. The van der Waals surface area contributed by atoms with Gasteiger partial charge >= 0.3 is 0 Å². The third-order valence-corrected chi connectivity index (χ3v) is 4.91. The van der Waals surface area contributed by atoms with Gasteiger partial charge in [-0.3, -0.25) is 9.78 Å². The molecule has 1 saturated heterocycles. The number of carbonyl (C=O) groups excluding carboxylic acids is 1. The number of hydrogen-bond acceptors (Lipinski definition) is 3. The van der Waals surface area contributed by atoms with Crippen LogP contribution in [-0.4, -0.2) is 24.0 Å². The van der Waals surface area contributed by atoms with Crippen molar-refractivity contribution in [3.8, 4) is 0 Å². The molecule has 0 bridgehead atoms. The van der Waals surface area contributed by atoms with E-state index in [-0.39, 0.29) is 5.91 Å². The van der Waals surface area contributed by atoms with Crippen molar-refractivity contribution in [2.75, 3.05) is 23.3 Å². The van der Waals surface area contributed by atoms with E-state index in [4.69, 9.17) is 0 Å². The van der Waals surface area contributed by atoms with E-state index in [1.807, 2.05) is 26.0 Å². The maximum Gasteiger partial charge on any atom is 0.274 e. The molecule has 4 nitrogen and oxygen atoms in total.